The SMILES string of the molecule is COC(=O)[C@@H](c1ccccc1Cl)N1CCN(C(=O)c2ccc3nc(C)c(C)nc3c2)CC1. The number of hydrogen-bond acceptors (Lipinski definition) is 6. The number of nitrogens with zero attached hydrogens (tertiary/aromatic N) is 4. The summed E-state index contributed by atoms with van der Waals surface area (Å²) in [6, 6.07) is 12.1. The number of halogens is 1. The van der Waals surface area contributed by atoms with Gasteiger partial charge in [-0.25, -0.2) is 14.8 Å². The summed E-state index contributed by atoms with van der Waals surface area (Å²) in [4.78, 5) is 38.6. The molecule has 2 heterocycles. The molecule has 4 rings (SSSR count). The molecule has 32 heavy (non-hydrogen) atoms. The van der Waals surface area contributed by atoms with Crippen molar-refractivity contribution in [3.8, 4) is 0 Å². The topological polar surface area (TPSA) is 75.6 Å². The fourth-order valence-electron chi connectivity index (χ4n) is 4.01. The van der Waals surface area contributed by atoms with Crippen molar-refractivity contribution in [2.24, 2.45) is 0 Å². The maximum Gasteiger partial charge on any atom is 0.327 e. The van der Waals surface area contributed by atoms with Gasteiger partial charge in [-0.2, -0.15) is 0 Å². The van der Waals surface area contributed by atoms with Gasteiger partial charge in [0.1, 0.15) is 6.04 Å². The van der Waals surface area contributed by atoms with E-state index >= 15 is 0 Å². The number of esters is 1. The third kappa shape index (κ3) is 4.31. The van der Waals surface area contributed by atoms with Crippen molar-refractivity contribution in [3.05, 3.63) is 70.0 Å². The van der Waals surface area contributed by atoms with Gasteiger partial charge in [-0.05, 0) is 43.7 Å². The highest BCUT2D eigenvalue weighted by Gasteiger charge is 2.33. The molecule has 166 valence electrons. The number of ether oxygens (including phenoxy) is 1. The van der Waals surface area contributed by atoms with Crippen molar-refractivity contribution < 1.29 is 14.3 Å². The quantitative estimate of drug-likeness (QED) is 0.563. The van der Waals surface area contributed by atoms with Crippen LogP contribution in [0.15, 0.2) is 42.5 Å². The zero-order valence-corrected chi connectivity index (χ0v) is 19.1. The van der Waals surface area contributed by atoms with Gasteiger partial charge in [0.15, 0.2) is 0 Å². The molecule has 1 saturated heterocycles. The van der Waals surface area contributed by atoms with Crippen LogP contribution in [0.1, 0.15) is 33.4 Å². The van der Waals surface area contributed by atoms with Crippen LogP contribution >= 0.6 is 11.6 Å². The molecule has 1 aliphatic rings. The summed E-state index contributed by atoms with van der Waals surface area (Å²) in [6.07, 6.45) is 0. The van der Waals surface area contributed by atoms with Gasteiger partial charge in [-0.15, -0.1) is 0 Å². The number of aromatic nitrogens is 2. The number of carbonyl (C=O) groups is 2. The first-order valence-corrected chi connectivity index (χ1v) is 10.9. The number of benzene rings is 2. The van der Waals surface area contributed by atoms with Crippen LogP contribution in [0.5, 0.6) is 0 Å². The highest BCUT2D eigenvalue weighted by Crippen LogP contribution is 2.29. The molecule has 1 aliphatic heterocycles. The van der Waals surface area contributed by atoms with Crippen molar-refractivity contribution in [1.29, 1.82) is 0 Å². The van der Waals surface area contributed by atoms with Gasteiger partial charge in [0, 0.05) is 36.8 Å². The molecule has 1 aromatic heterocycles. The Balaban J connectivity index is 1.50. The van der Waals surface area contributed by atoms with Gasteiger partial charge in [-0.1, -0.05) is 29.8 Å². The van der Waals surface area contributed by atoms with Crippen molar-refractivity contribution in [2.45, 2.75) is 19.9 Å². The average molecular weight is 453 g/mol. The van der Waals surface area contributed by atoms with Gasteiger partial charge < -0.3 is 9.64 Å². The van der Waals surface area contributed by atoms with Crippen LogP contribution in [0.2, 0.25) is 5.02 Å². The number of aryl methyl sites for hydroxylation is 2. The van der Waals surface area contributed by atoms with Crippen LogP contribution in [-0.4, -0.2) is 64.9 Å². The molecule has 0 spiro atoms. The summed E-state index contributed by atoms with van der Waals surface area (Å²) in [6.45, 7) is 5.88. The van der Waals surface area contributed by atoms with Gasteiger partial charge in [0.05, 0.1) is 29.5 Å². The summed E-state index contributed by atoms with van der Waals surface area (Å²) in [5.41, 5.74) is 4.51. The number of rotatable bonds is 4. The second kappa shape index (κ2) is 9.22. The Kier molecular flexibility index (Phi) is 6.39. The van der Waals surface area contributed by atoms with Crippen LogP contribution in [0.25, 0.3) is 11.0 Å². The standard InChI is InChI=1S/C24H25ClN4O3/c1-15-16(2)27-21-14-17(8-9-20(21)26-15)23(30)29-12-10-28(11-13-29)22(24(31)32-3)18-6-4-5-7-19(18)25/h4-9,14,22H,10-13H2,1-3H3/t22-/m1/s1. The smallest absolute Gasteiger partial charge is 0.327 e. The number of amides is 1. The van der Waals surface area contributed by atoms with E-state index in [2.05, 4.69) is 9.97 Å². The van der Waals surface area contributed by atoms with Gasteiger partial charge in [0.25, 0.3) is 5.91 Å². The lowest BCUT2D eigenvalue weighted by molar-refractivity contribution is -0.148. The molecule has 1 fully saturated rings. The first-order valence-electron chi connectivity index (χ1n) is 10.5. The third-order valence-corrected chi connectivity index (χ3v) is 6.26. The highest BCUT2D eigenvalue weighted by molar-refractivity contribution is 6.31. The van der Waals surface area contributed by atoms with Crippen LogP contribution < -0.4 is 0 Å². The van der Waals surface area contributed by atoms with E-state index in [9.17, 15) is 9.59 Å². The van der Waals surface area contributed by atoms with Crippen molar-refractivity contribution in [3.63, 3.8) is 0 Å². The van der Waals surface area contributed by atoms with Crippen LogP contribution in [0.3, 0.4) is 0 Å². The third-order valence-electron chi connectivity index (χ3n) is 5.91. The fourth-order valence-corrected chi connectivity index (χ4v) is 4.25. The minimum absolute atomic E-state index is 0.0565. The molecule has 0 aliphatic carbocycles. The molecule has 0 saturated carbocycles. The van der Waals surface area contributed by atoms with Gasteiger partial charge in [0.2, 0.25) is 0 Å². The number of methoxy groups -OCH3 is 1. The average Bonchev–Trinajstić information content (AvgIpc) is 2.81. The summed E-state index contributed by atoms with van der Waals surface area (Å²) in [5.74, 6) is -0.421. The predicted molar refractivity (Wildman–Crippen MR) is 123 cm³/mol. The molecule has 0 N–H and O–H groups in total. The molecule has 8 heteroatoms. The van der Waals surface area contributed by atoms with E-state index in [1.54, 1.807) is 23.1 Å². The Morgan fingerprint density at radius 2 is 1.62 bits per heavy atom. The van der Waals surface area contributed by atoms with E-state index < -0.39 is 6.04 Å². The van der Waals surface area contributed by atoms with Crippen LogP contribution in [0, 0.1) is 13.8 Å². The second-order valence-corrected chi connectivity index (χ2v) is 8.28. The van der Waals surface area contributed by atoms with E-state index in [0.717, 1.165) is 16.9 Å². The highest BCUT2D eigenvalue weighted by atomic mass is 35.5. The first-order chi connectivity index (χ1) is 15.4. The molecule has 7 nitrogen and oxygen atoms in total. The fraction of sp³-hybridized carbons (Fsp3) is 0.333. The minimum Gasteiger partial charge on any atom is -0.468 e. The van der Waals surface area contributed by atoms with Crippen molar-refractivity contribution in [2.75, 3.05) is 33.3 Å². The number of carbonyl (C=O) groups excluding carboxylic acids is 2. The number of hydrogen-bond donors (Lipinski definition) is 0. The zero-order valence-electron chi connectivity index (χ0n) is 18.3. The molecule has 3 aromatic rings. The molecule has 1 amide bonds. The normalized spacial score (nSPS) is 15.6. The predicted octanol–water partition coefficient (Wildman–Crippen LogP) is 3.57. The molecular formula is C24H25ClN4O3. The first kappa shape index (κ1) is 22.2. The molecular weight excluding hydrogens is 428 g/mol. The lowest BCUT2D eigenvalue weighted by Crippen LogP contribution is -2.51. The van der Waals surface area contributed by atoms with Crippen molar-refractivity contribution in [1.82, 2.24) is 19.8 Å². The zero-order chi connectivity index (χ0) is 22.8. The van der Waals surface area contributed by atoms with Crippen molar-refractivity contribution >= 4 is 34.5 Å². The Hall–Kier alpha value is -3.03. The van der Waals surface area contributed by atoms with E-state index in [0.29, 0.717) is 47.8 Å². The monoisotopic (exact) mass is 452 g/mol. The number of piperazine rings is 1. The lowest BCUT2D eigenvalue weighted by Gasteiger charge is -2.38. The minimum atomic E-state index is -0.604. The summed E-state index contributed by atoms with van der Waals surface area (Å²) >= 11 is 6.36. The Bertz CT molecular complexity index is 1180. The van der Waals surface area contributed by atoms with Gasteiger partial charge >= 0.3 is 5.97 Å². The van der Waals surface area contributed by atoms with Crippen LogP contribution in [0.4, 0.5) is 0 Å². The Morgan fingerprint density at radius 3 is 2.28 bits per heavy atom. The van der Waals surface area contributed by atoms with E-state index in [1.165, 1.54) is 7.11 Å². The Morgan fingerprint density at radius 1 is 0.969 bits per heavy atom. The Labute approximate surface area is 192 Å². The molecule has 2 aromatic carbocycles. The maximum absolute atomic E-state index is 13.1. The van der Waals surface area contributed by atoms with E-state index in [4.69, 9.17) is 16.3 Å². The molecule has 0 unspecified atom stereocenters. The van der Waals surface area contributed by atoms with Gasteiger partial charge in [-0.3, -0.25) is 9.69 Å². The maximum atomic E-state index is 13.1. The molecule has 0 bridgehead atoms. The lowest BCUT2D eigenvalue weighted by atomic mass is 10.0. The summed E-state index contributed by atoms with van der Waals surface area (Å²) in [7, 11) is 1.37. The van der Waals surface area contributed by atoms with E-state index in [-0.39, 0.29) is 11.9 Å². The number of fused-ring (bicyclic) bond motifs is 1. The second-order valence-electron chi connectivity index (χ2n) is 7.87. The molecule has 1 atom stereocenters. The molecule has 0 radical (unpaired) electrons. The van der Waals surface area contributed by atoms with Crippen LogP contribution in [-0.2, 0) is 9.53 Å². The summed E-state index contributed by atoms with van der Waals surface area (Å²) in [5, 5.41) is 0.518. The summed E-state index contributed by atoms with van der Waals surface area (Å²) < 4.78 is 5.04. The largest absolute Gasteiger partial charge is 0.468 e. The van der Waals surface area contributed by atoms with E-state index in [1.807, 2.05) is 43.0 Å².